The van der Waals surface area contributed by atoms with E-state index < -0.39 is 5.97 Å². The van der Waals surface area contributed by atoms with Crippen LogP contribution >= 0.6 is 11.6 Å². The third kappa shape index (κ3) is 4.11. The van der Waals surface area contributed by atoms with Crippen LogP contribution in [0.2, 0.25) is 5.02 Å². The second-order valence-corrected chi connectivity index (χ2v) is 5.60. The van der Waals surface area contributed by atoms with E-state index in [1.807, 2.05) is 6.92 Å². The Morgan fingerprint density at radius 1 is 1.38 bits per heavy atom. The van der Waals surface area contributed by atoms with Crippen molar-refractivity contribution in [2.24, 2.45) is 0 Å². The third-order valence-electron chi connectivity index (χ3n) is 3.34. The molecule has 1 aromatic carbocycles. The molecule has 1 aliphatic carbocycles. The Labute approximate surface area is 129 Å². The summed E-state index contributed by atoms with van der Waals surface area (Å²) in [5.41, 5.74) is 0.511. The van der Waals surface area contributed by atoms with Crippen LogP contribution in [0.15, 0.2) is 24.3 Å². The van der Waals surface area contributed by atoms with Crippen molar-refractivity contribution in [3.8, 4) is 0 Å². The van der Waals surface area contributed by atoms with E-state index in [0.717, 1.165) is 19.3 Å². The molecule has 1 aromatic rings. The SMILES string of the molecule is CCCN(C(=O)N(CC(=O)O)c1cccc(Cl)c1)C1CC1. The van der Waals surface area contributed by atoms with Gasteiger partial charge < -0.3 is 10.0 Å². The van der Waals surface area contributed by atoms with E-state index in [0.29, 0.717) is 17.3 Å². The lowest BCUT2D eigenvalue weighted by Crippen LogP contribution is -2.47. The summed E-state index contributed by atoms with van der Waals surface area (Å²) >= 11 is 5.95. The van der Waals surface area contributed by atoms with Crippen molar-refractivity contribution in [3.05, 3.63) is 29.3 Å². The zero-order valence-corrected chi connectivity index (χ0v) is 12.7. The number of nitrogens with zero attached hydrogens (tertiary/aromatic N) is 2. The largest absolute Gasteiger partial charge is 0.480 e. The summed E-state index contributed by atoms with van der Waals surface area (Å²) in [6.45, 7) is 2.27. The Kier molecular flexibility index (Phi) is 5.07. The summed E-state index contributed by atoms with van der Waals surface area (Å²) in [6, 6.07) is 6.70. The molecule has 2 rings (SSSR count). The summed E-state index contributed by atoms with van der Waals surface area (Å²) in [5.74, 6) is -1.05. The van der Waals surface area contributed by atoms with Crippen LogP contribution in [-0.4, -0.2) is 41.1 Å². The Hall–Kier alpha value is -1.75. The first-order valence-corrected chi connectivity index (χ1v) is 7.46. The van der Waals surface area contributed by atoms with Gasteiger partial charge in [-0.15, -0.1) is 0 Å². The molecule has 114 valence electrons. The average molecular weight is 311 g/mol. The Morgan fingerprint density at radius 2 is 2.10 bits per heavy atom. The highest BCUT2D eigenvalue weighted by Gasteiger charge is 2.35. The first kappa shape index (κ1) is 15.6. The second-order valence-electron chi connectivity index (χ2n) is 5.17. The van der Waals surface area contributed by atoms with Crippen LogP contribution in [0.4, 0.5) is 10.5 Å². The predicted octanol–water partition coefficient (Wildman–Crippen LogP) is 3.23. The molecule has 0 unspecified atom stereocenters. The molecule has 1 N–H and O–H groups in total. The van der Waals surface area contributed by atoms with Crippen molar-refractivity contribution in [2.45, 2.75) is 32.2 Å². The minimum atomic E-state index is -1.05. The number of amides is 2. The van der Waals surface area contributed by atoms with Crippen molar-refractivity contribution >= 4 is 29.3 Å². The number of rotatable bonds is 6. The number of aliphatic carboxylic acids is 1. The van der Waals surface area contributed by atoms with Crippen LogP contribution in [0.3, 0.4) is 0 Å². The average Bonchev–Trinajstić information content (AvgIpc) is 3.25. The lowest BCUT2D eigenvalue weighted by molar-refractivity contribution is -0.135. The first-order valence-electron chi connectivity index (χ1n) is 7.08. The number of urea groups is 1. The molecule has 2 amide bonds. The monoisotopic (exact) mass is 310 g/mol. The minimum absolute atomic E-state index is 0.243. The summed E-state index contributed by atoms with van der Waals surface area (Å²) in [7, 11) is 0. The maximum atomic E-state index is 12.7. The van der Waals surface area contributed by atoms with Gasteiger partial charge in [0.2, 0.25) is 0 Å². The molecule has 0 spiro atoms. The van der Waals surface area contributed by atoms with Gasteiger partial charge in [0, 0.05) is 23.3 Å². The highest BCUT2D eigenvalue weighted by Crippen LogP contribution is 2.29. The summed E-state index contributed by atoms with van der Waals surface area (Å²) in [6.07, 6.45) is 2.82. The van der Waals surface area contributed by atoms with Gasteiger partial charge in [-0.2, -0.15) is 0 Å². The predicted molar refractivity (Wildman–Crippen MR) is 81.8 cm³/mol. The highest BCUT2D eigenvalue weighted by molar-refractivity contribution is 6.30. The molecule has 21 heavy (non-hydrogen) atoms. The van der Waals surface area contributed by atoms with E-state index in [1.54, 1.807) is 29.2 Å². The standard InChI is InChI=1S/C15H19ClN2O3/c1-2-8-17(12-6-7-12)15(21)18(10-14(19)20)13-5-3-4-11(16)9-13/h3-5,9,12H,2,6-8,10H2,1H3,(H,19,20). The third-order valence-corrected chi connectivity index (χ3v) is 3.58. The number of carboxylic acids is 1. The minimum Gasteiger partial charge on any atom is -0.480 e. The molecule has 1 aliphatic rings. The molecule has 0 radical (unpaired) electrons. The first-order chi connectivity index (χ1) is 10.0. The number of anilines is 1. The molecular formula is C15H19ClN2O3. The van der Waals surface area contributed by atoms with Gasteiger partial charge in [-0.25, -0.2) is 4.79 Å². The van der Waals surface area contributed by atoms with Gasteiger partial charge in [0.05, 0.1) is 0 Å². The lowest BCUT2D eigenvalue weighted by atomic mass is 10.3. The van der Waals surface area contributed by atoms with Crippen LogP contribution in [0.25, 0.3) is 0 Å². The van der Waals surface area contributed by atoms with Crippen LogP contribution in [-0.2, 0) is 4.79 Å². The maximum Gasteiger partial charge on any atom is 0.325 e. The molecule has 6 heteroatoms. The van der Waals surface area contributed by atoms with E-state index in [-0.39, 0.29) is 18.6 Å². The molecule has 0 aromatic heterocycles. The quantitative estimate of drug-likeness (QED) is 0.877. The molecule has 1 fully saturated rings. The fourth-order valence-corrected chi connectivity index (χ4v) is 2.45. The van der Waals surface area contributed by atoms with E-state index in [2.05, 4.69) is 0 Å². The summed E-state index contributed by atoms with van der Waals surface area (Å²) < 4.78 is 0. The number of carboxylic acid groups (broad SMARTS) is 1. The van der Waals surface area contributed by atoms with Crippen molar-refractivity contribution in [2.75, 3.05) is 18.0 Å². The van der Waals surface area contributed by atoms with Gasteiger partial charge in [-0.05, 0) is 37.5 Å². The topological polar surface area (TPSA) is 60.9 Å². The molecule has 0 atom stereocenters. The van der Waals surface area contributed by atoms with E-state index in [1.165, 1.54) is 4.90 Å². The number of halogens is 1. The van der Waals surface area contributed by atoms with Gasteiger partial charge >= 0.3 is 12.0 Å². The Balaban J connectivity index is 2.25. The summed E-state index contributed by atoms with van der Waals surface area (Å²) in [4.78, 5) is 26.8. The van der Waals surface area contributed by atoms with E-state index >= 15 is 0 Å². The normalized spacial score (nSPS) is 13.8. The van der Waals surface area contributed by atoms with Gasteiger partial charge in [0.25, 0.3) is 0 Å². The van der Waals surface area contributed by atoms with E-state index in [9.17, 15) is 9.59 Å². The summed E-state index contributed by atoms with van der Waals surface area (Å²) in [5, 5.41) is 9.56. The number of carbonyl (C=O) groups is 2. The van der Waals surface area contributed by atoms with Crippen molar-refractivity contribution in [1.82, 2.24) is 4.90 Å². The molecule has 0 bridgehead atoms. The Morgan fingerprint density at radius 3 is 2.62 bits per heavy atom. The second kappa shape index (κ2) is 6.80. The van der Waals surface area contributed by atoms with Crippen molar-refractivity contribution in [1.29, 1.82) is 0 Å². The smallest absolute Gasteiger partial charge is 0.325 e. The van der Waals surface area contributed by atoms with Crippen LogP contribution in [0.5, 0.6) is 0 Å². The fourth-order valence-electron chi connectivity index (χ4n) is 2.27. The number of benzene rings is 1. The van der Waals surface area contributed by atoms with Gasteiger partial charge in [-0.3, -0.25) is 9.69 Å². The van der Waals surface area contributed by atoms with Gasteiger partial charge in [-0.1, -0.05) is 24.6 Å². The van der Waals surface area contributed by atoms with Crippen molar-refractivity contribution < 1.29 is 14.7 Å². The number of hydrogen-bond acceptors (Lipinski definition) is 2. The molecule has 0 saturated heterocycles. The van der Waals surface area contributed by atoms with Crippen LogP contribution in [0.1, 0.15) is 26.2 Å². The van der Waals surface area contributed by atoms with Crippen molar-refractivity contribution in [3.63, 3.8) is 0 Å². The van der Waals surface area contributed by atoms with Gasteiger partial charge in [0.15, 0.2) is 0 Å². The fraction of sp³-hybridized carbons (Fsp3) is 0.467. The Bertz CT molecular complexity index is 531. The van der Waals surface area contributed by atoms with E-state index in [4.69, 9.17) is 16.7 Å². The molecule has 1 saturated carbocycles. The molecule has 0 heterocycles. The highest BCUT2D eigenvalue weighted by atomic mass is 35.5. The van der Waals surface area contributed by atoms with Crippen LogP contribution in [0, 0.1) is 0 Å². The number of carbonyl (C=O) groups excluding carboxylic acids is 1. The van der Waals surface area contributed by atoms with Gasteiger partial charge in [0.1, 0.15) is 6.54 Å². The van der Waals surface area contributed by atoms with Crippen LogP contribution < -0.4 is 4.90 Å². The number of hydrogen-bond donors (Lipinski definition) is 1. The zero-order valence-electron chi connectivity index (χ0n) is 12.0. The molecular weight excluding hydrogens is 292 g/mol. The zero-order chi connectivity index (χ0) is 15.4. The molecule has 5 nitrogen and oxygen atoms in total. The lowest BCUT2D eigenvalue weighted by Gasteiger charge is -2.29. The molecule has 0 aliphatic heterocycles. The maximum absolute atomic E-state index is 12.7.